The first kappa shape index (κ1) is 25.9. The molecule has 0 aliphatic carbocycles. The Morgan fingerprint density at radius 2 is 1.68 bits per heavy atom. The number of carbonyl (C=O) groups excluding carboxylic acids is 1. The summed E-state index contributed by atoms with van der Waals surface area (Å²) in [6.07, 6.45) is 2.30. The number of benzene rings is 1. The van der Waals surface area contributed by atoms with Gasteiger partial charge < -0.3 is 0 Å². The number of carbonyl (C=O) groups is 1. The zero-order chi connectivity index (χ0) is 21.7. The lowest BCUT2D eigenvalue weighted by Gasteiger charge is -2.04. The van der Waals surface area contributed by atoms with Crippen LogP contribution in [0.3, 0.4) is 0 Å². The van der Waals surface area contributed by atoms with Gasteiger partial charge in [-0.25, -0.2) is 0 Å². The molecule has 28 heavy (non-hydrogen) atoms. The summed E-state index contributed by atoms with van der Waals surface area (Å²) in [5.74, 6) is 0.0340. The van der Waals surface area contributed by atoms with Crippen molar-refractivity contribution in [1.82, 2.24) is 8.96 Å². The van der Waals surface area contributed by atoms with Crippen LogP contribution in [0.15, 0.2) is 42.6 Å². The number of pyridine rings is 1. The fourth-order valence-corrected chi connectivity index (χ4v) is 2.98. The van der Waals surface area contributed by atoms with E-state index in [-0.39, 0.29) is 18.1 Å². The van der Waals surface area contributed by atoms with Gasteiger partial charge in [0.1, 0.15) is 0 Å². The standard InChI is InChI=1S/C17H15FN2OS.3C2H6/c1-11-7-15-8-13(3-4-17(15)20(11)22-18)9-16-10-14(12(2)21)5-6-19-16;3*1-2/h3-8,10H,9H2,1-2H3;3*1-2H3. The van der Waals surface area contributed by atoms with Crippen molar-refractivity contribution in [2.75, 3.05) is 0 Å². The number of ketones is 1. The van der Waals surface area contributed by atoms with Gasteiger partial charge in [-0.1, -0.05) is 47.6 Å². The summed E-state index contributed by atoms with van der Waals surface area (Å²) >= 11 is 0.213. The third-order valence-electron chi connectivity index (χ3n) is 3.67. The van der Waals surface area contributed by atoms with E-state index < -0.39 is 0 Å². The van der Waals surface area contributed by atoms with E-state index in [0.29, 0.717) is 12.0 Å². The van der Waals surface area contributed by atoms with Gasteiger partial charge in [0, 0.05) is 35.0 Å². The van der Waals surface area contributed by atoms with E-state index in [1.807, 2.05) is 78.8 Å². The van der Waals surface area contributed by atoms with Gasteiger partial charge in [-0.3, -0.25) is 13.8 Å². The third-order valence-corrected chi connectivity index (χ3v) is 4.30. The molecule has 3 nitrogen and oxygen atoms in total. The Bertz CT molecular complexity index is 859. The fourth-order valence-electron chi connectivity index (χ4n) is 2.58. The van der Waals surface area contributed by atoms with E-state index in [9.17, 15) is 8.68 Å². The zero-order valence-electron chi connectivity index (χ0n) is 18.3. The van der Waals surface area contributed by atoms with Gasteiger partial charge in [0.15, 0.2) is 18.1 Å². The second-order valence-corrected chi connectivity index (χ2v) is 5.81. The van der Waals surface area contributed by atoms with Crippen LogP contribution >= 0.6 is 12.3 Å². The minimum atomic E-state index is 0.0340. The molecule has 0 unspecified atom stereocenters. The maximum Gasteiger partial charge on any atom is 0.170 e. The summed E-state index contributed by atoms with van der Waals surface area (Å²) < 4.78 is 14.5. The lowest BCUT2D eigenvalue weighted by molar-refractivity contribution is 0.101. The highest BCUT2D eigenvalue weighted by Crippen LogP contribution is 2.26. The van der Waals surface area contributed by atoms with Crippen LogP contribution in [0.2, 0.25) is 0 Å². The van der Waals surface area contributed by atoms with Crippen molar-refractivity contribution in [2.24, 2.45) is 0 Å². The summed E-state index contributed by atoms with van der Waals surface area (Å²) in [7, 11) is 0. The van der Waals surface area contributed by atoms with E-state index in [2.05, 4.69) is 4.98 Å². The van der Waals surface area contributed by atoms with E-state index in [1.165, 1.54) is 0 Å². The Kier molecular flexibility index (Phi) is 12.9. The van der Waals surface area contributed by atoms with Crippen LogP contribution in [0.25, 0.3) is 10.9 Å². The molecule has 0 N–H and O–H groups in total. The van der Waals surface area contributed by atoms with Gasteiger partial charge in [-0.05, 0) is 49.7 Å². The van der Waals surface area contributed by atoms with Crippen molar-refractivity contribution in [3.63, 3.8) is 0 Å². The Labute approximate surface area is 173 Å². The summed E-state index contributed by atoms with van der Waals surface area (Å²) in [6.45, 7) is 15.4. The number of Topliss-reactive ketones (excluding diaryl/α,β-unsaturated/α-hetero) is 1. The molecule has 1 aromatic carbocycles. The molecule has 0 saturated carbocycles. The molecule has 0 aliphatic heterocycles. The molecule has 2 aromatic heterocycles. The van der Waals surface area contributed by atoms with Crippen molar-refractivity contribution < 1.29 is 8.68 Å². The van der Waals surface area contributed by atoms with Gasteiger partial charge in [0.25, 0.3) is 0 Å². The highest BCUT2D eigenvalue weighted by Gasteiger charge is 2.08. The smallest absolute Gasteiger partial charge is 0.170 e. The summed E-state index contributed by atoms with van der Waals surface area (Å²) in [6, 6.07) is 11.4. The SMILES string of the molecule is CC.CC.CC.CC(=O)c1ccnc(Cc2ccc3c(c2)cc(C)n3SF)c1. The first-order valence-corrected chi connectivity index (χ1v) is 10.6. The molecule has 154 valence electrons. The Morgan fingerprint density at radius 3 is 2.25 bits per heavy atom. The molecular weight excluding hydrogens is 371 g/mol. The second-order valence-electron chi connectivity index (χ2n) is 5.31. The lowest BCUT2D eigenvalue weighted by atomic mass is 10.1. The first-order valence-electron chi connectivity index (χ1n) is 9.94. The zero-order valence-corrected chi connectivity index (χ0v) is 19.2. The number of rotatable bonds is 4. The molecule has 3 rings (SSSR count). The van der Waals surface area contributed by atoms with Crippen molar-refractivity contribution in [3.05, 3.63) is 65.1 Å². The Balaban J connectivity index is 0.00000111. The highest BCUT2D eigenvalue weighted by molar-refractivity contribution is 7.93. The lowest BCUT2D eigenvalue weighted by Crippen LogP contribution is -1.97. The second kappa shape index (κ2) is 13.9. The van der Waals surface area contributed by atoms with Crippen LogP contribution in [0, 0.1) is 6.92 Å². The minimum Gasteiger partial charge on any atom is -0.295 e. The third kappa shape index (κ3) is 6.79. The Morgan fingerprint density at radius 1 is 1.04 bits per heavy atom. The molecule has 0 bridgehead atoms. The summed E-state index contributed by atoms with van der Waals surface area (Å²) in [5.41, 5.74) is 4.34. The molecule has 0 radical (unpaired) electrons. The van der Waals surface area contributed by atoms with Gasteiger partial charge in [-0.2, -0.15) is 0 Å². The molecule has 0 spiro atoms. The average molecular weight is 405 g/mol. The first-order chi connectivity index (χ1) is 13.6. The molecule has 0 atom stereocenters. The highest BCUT2D eigenvalue weighted by atomic mass is 32.2. The average Bonchev–Trinajstić information content (AvgIpc) is 3.06. The van der Waals surface area contributed by atoms with Crippen molar-refractivity contribution in [2.45, 2.75) is 61.8 Å². The van der Waals surface area contributed by atoms with Gasteiger partial charge in [0.05, 0.1) is 5.52 Å². The quantitative estimate of drug-likeness (QED) is 0.420. The number of nitrogens with zero attached hydrogens (tertiary/aromatic N) is 2. The number of fused-ring (bicyclic) bond motifs is 1. The van der Waals surface area contributed by atoms with E-state index in [0.717, 1.165) is 27.9 Å². The topological polar surface area (TPSA) is 34.9 Å². The molecule has 0 saturated heterocycles. The predicted octanol–water partition coefficient (Wildman–Crippen LogP) is 7.60. The maximum absolute atomic E-state index is 13.0. The molecule has 2 heterocycles. The number of hydrogen-bond donors (Lipinski definition) is 0. The van der Waals surface area contributed by atoms with Gasteiger partial charge >= 0.3 is 0 Å². The number of aromatic nitrogens is 2. The monoisotopic (exact) mass is 404 g/mol. The van der Waals surface area contributed by atoms with Crippen molar-refractivity contribution in [3.8, 4) is 0 Å². The van der Waals surface area contributed by atoms with Crippen LogP contribution in [-0.4, -0.2) is 14.7 Å². The molecule has 5 heteroatoms. The van der Waals surface area contributed by atoms with Crippen LogP contribution in [0.4, 0.5) is 3.89 Å². The fraction of sp³-hybridized carbons (Fsp3) is 0.391. The number of aryl methyl sites for hydroxylation is 1. The van der Waals surface area contributed by atoms with E-state index in [4.69, 9.17) is 0 Å². The number of halogens is 1. The minimum absolute atomic E-state index is 0.0340. The van der Waals surface area contributed by atoms with E-state index >= 15 is 0 Å². The Hall–Kier alpha value is -2.14. The van der Waals surface area contributed by atoms with Gasteiger partial charge in [0.2, 0.25) is 0 Å². The maximum atomic E-state index is 13.0. The number of hydrogen-bond acceptors (Lipinski definition) is 3. The van der Waals surface area contributed by atoms with Crippen molar-refractivity contribution in [1.29, 1.82) is 0 Å². The molecule has 0 aliphatic rings. The summed E-state index contributed by atoms with van der Waals surface area (Å²) in [4.78, 5) is 15.7. The van der Waals surface area contributed by atoms with Crippen LogP contribution in [-0.2, 0) is 6.42 Å². The van der Waals surface area contributed by atoms with Crippen LogP contribution < -0.4 is 0 Å². The van der Waals surface area contributed by atoms with Crippen LogP contribution in [0.5, 0.6) is 0 Å². The van der Waals surface area contributed by atoms with Gasteiger partial charge in [-0.15, -0.1) is 3.89 Å². The van der Waals surface area contributed by atoms with Crippen LogP contribution in [0.1, 0.15) is 75.8 Å². The molecule has 0 amide bonds. The molecular formula is C23H33FN2OS. The predicted molar refractivity (Wildman–Crippen MR) is 122 cm³/mol. The molecule has 0 fully saturated rings. The van der Waals surface area contributed by atoms with E-state index in [1.54, 1.807) is 23.2 Å². The normalized spacial score (nSPS) is 9.32. The molecule has 3 aromatic rings. The summed E-state index contributed by atoms with van der Waals surface area (Å²) in [5, 5.41) is 1.00. The van der Waals surface area contributed by atoms with Crippen molar-refractivity contribution >= 4 is 29.0 Å². The largest absolute Gasteiger partial charge is 0.295 e.